The molecule has 1 heterocycles. The lowest BCUT2D eigenvalue weighted by Gasteiger charge is -2.40. The number of nitrogens with one attached hydrogen (secondary N) is 1. The number of ether oxygens (including phenoxy) is 2. The zero-order chi connectivity index (χ0) is 20.8. The first-order valence-corrected chi connectivity index (χ1v) is 9.70. The molecule has 1 aliphatic heterocycles. The molecule has 4 rings (SSSR count). The Labute approximate surface area is 166 Å². The molecule has 2 unspecified atom stereocenters. The van der Waals surface area contributed by atoms with Crippen LogP contribution in [0, 0.1) is 11.8 Å². The third kappa shape index (κ3) is 4.00. The minimum absolute atomic E-state index is 0.0300. The van der Waals surface area contributed by atoms with Crippen LogP contribution in [-0.2, 0) is 14.9 Å². The van der Waals surface area contributed by atoms with Crippen LogP contribution < -0.4 is 10.1 Å². The highest BCUT2D eigenvalue weighted by Crippen LogP contribution is 2.59. The lowest BCUT2D eigenvalue weighted by molar-refractivity contribution is -0.274. The lowest BCUT2D eigenvalue weighted by atomic mass is 9.78. The normalized spacial score (nSPS) is 30.6. The SMILES string of the molecule is COC(=O)NC1CC(C(=O)N2CCC3(c4cccc(OC(F)(F)F)c4)CC3C2)C1. The van der Waals surface area contributed by atoms with E-state index in [9.17, 15) is 22.8 Å². The number of piperidine rings is 1. The van der Waals surface area contributed by atoms with E-state index in [1.54, 1.807) is 6.07 Å². The minimum atomic E-state index is -4.71. The lowest BCUT2D eigenvalue weighted by Crippen LogP contribution is -2.52. The fourth-order valence-electron chi connectivity index (χ4n) is 4.74. The molecule has 2 atom stereocenters. The second kappa shape index (κ2) is 7.11. The van der Waals surface area contributed by atoms with Crippen molar-refractivity contribution in [2.75, 3.05) is 20.2 Å². The topological polar surface area (TPSA) is 67.9 Å². The highest BCUT2D eigenvalue weighted by atomic mass is 19.4. The zero-order valence-electron chi connectivity index (χ0n) is 16.0. The number of rotatable bonds is 4. The van der Waals surface area contributed by atoms with Gasteiger partial charge in [0, 0.05) is 30.5 Å². The van der Waals surface area contributed by atoms with Crippen molar-refractivity contribution in [3.05, 3.63) is 29.8 Å². The highest BCUT2D eigenvalue weighted by Gasteiger charge is 2.58. The monoisotopic (exact) mass is 412 g/mol. The van der Waals surface area contributed by atoms with E-state index < -0.39 is 12.5 Å². The molecule has 0 aromatic heterocycles. The first kappa shape index (κ1) is 19.8. The minimum Gasteiger partial charge on any atom is -0.453 e. The van der Waals surface area contributed by atoms with Crippen molar-refractivity contribution in [2.45, 2.75) is 43.5 Å². The number of nitrogens with zero attached hydrogens (tertiary/aromatic N) is 1. The van der Waals surface area contributed by atoms with Crippen LogP contribution in [-0.4, -0.2) is 49.5 Å². The Hall–Kier alpha value is -2.45. The van der Waals surface area contributed by atoms with Crippen molar-refractivity contribution in [2.24, 2.45) is 11.8 Å². The number of benzene rings is 1. The Morgan fingerprint density at radius 1 is 1.28 bits per heavy atom. The number of alkyl carbamates (subject to hydrolysis) is 1. The van der Waals surface area contributed by atoms with Gasteiger partial charge in [0.2, 0.25) is 5.91 Å². The average molecular weight is 412 g/mol. The van der Waals surface area contributed by atoms with Gasteiger partial charge in [-0.05, 0) is 49.3 Å². The summed E-state index contributed by atoms with van der Waals surface area (Å²) in [4.78, 5) is 25.8. The largest absolute Gasteiger partial charge is 0.573 e. The first-order valence-electron chi connectivity index (χ1n) is 9.70. The van der Waals surface area contributed by atoms with Gasteiger partial charge in [0.15, 0.2) is 0 Å². The molecule has 1 aromatic rings. The van der Waals surface area contributed by atoms with Crippen molar-refractivity contribution in [1.82, 2.24) is 10.2 Å². The second-order valence-electron chi connectivity index (χ2n) is 8.17. The van der Waals surface area contributed by atoms with Gasteiger partial charge >= 0.3 is 12.5 Å². The number of carbonyl (C=O) groups is 2. The van der Waals surface area contributed by atoms with E-state index >= 15 is 0 Å². The van der Waals surface area contributed by atoms with Crippen molar-refractivity contribution >= 4 is 12.0 Å². The molecule has 2 aliphatic carbocycles. The standard InChI is InChI=1S/C20H23F3N2O4/c1-28-18(27)24-15-7-12(8-15)17(26)25-6-5-19(10-14(19)11-25)13-3-2-4-16(9-13)29-20(21,22)23/h2-4,9,12,14-15H,5-8,10-11H2,1H3,(H,24,27). The van der Waals surface area contributed by atoms with Gasteiger partial charge in [-0.15, -0.1) is 13.2 Å². The third-order valence-electron chi connectivity index (χ3n) is 6.45. The summed E-state index contributed by atoms with van der Waals surface area (Å²) in [5, 5.41) is 2.70. The molecule has 6 nitrogen and oxygen atoms in total. The summed E-state index contributed by atoms with van der Waals surface area (Å²) in [5.74, 6) is 0.0621. The van der Waals surface area contributed by atoms with Gasteiger partial charge in [-0.2, -0.15) is 0 Å². The van der Waals surface area contributed by atoms with E-state index in [4.69, 9.17) is 0 Å². The molecule has 2 amide bonds. The van der Waals surface area contributed by atoms with Gasteiger partial charge in [0.1, 0.15) is 5.75 Å². The number of hydrogen-bond donors (Lipinski definition) is 1. The molecule has 158 valence electrons. The molecule has 0 radical (unpaired) electrons. The number of methoxy groups -OCH3 is 1. The van der Waals surface area contributed by atoms with Crippen molar-refractivity contribution in [3.63, 3.8) is 0 Å². The van der Waals surface area contributed by atoms with Crippen molar-refractivity contribution in [1.29, 1.82) is 0 Å². The molecular formula is C20H23F3N2O4. The van der Waals surface area contributed by atoms with E-state index in [1.807, 2.05) is 11.0 Å². The maximum absolute atomic E-state index is 12.7. The molecule has 0 spiro atoms. The molecule has 3 fully saturated rings. The van der Waals surface area contributed by atoms with Gasteiger partial charge in [0.25, 0.3) is 0 Å². The number of halogens is 3. The van der Waals surface area contributed by atoms with E-state index in [0.717, 1.165) is 18.4 Å². The van der Waals surface area contributed by atoms with E-state index in [2.05, 4.69) is 14.8 Å². The van der Waals surface area contributed by atoms with E-state index in [-0.39, 0.29) is 34.9 Å². The molecule has 2 saturated carbocycles. The molecule has 1 aromatic carbocycles. The van der Waals surface area contributed by atoms with Crippen LogP contribution >= 0.6 is 0 Å². The van der Waals surface area contributed by atoms with Crippen LogP contribution in [0.2, 0.25) is 0 Å². The number of hydrogen-bond acceptors (Lipinski definition) is 4. The fraction of sp³-hybridized carbons (Fsp3) is 0.600. The van der Waals surface area contributed by atoms with Crippen LogP contribution in [0.3, 0.4) is 0 Å². The van der Waals surface area contributed by atoms with E-state index in [1.165, 1.54) is 19.2 Å². The van der Waals surface area contributed by atoms with Crippen molar-refractivity contribution in [3.8, 4) is 5.75 Å². The molecule has 9 heteroatoms. The average Bonchev–Trinajstić information content (AvgIpc) is 3.37. The summed E-state index contributed by atoms with van der Waals surface area (Å²) < 4.78 is 46.1. The molecule has 0 bridgehead atoms. The maximum Gasteiger partial charge on any atom is 0.573 e. The summed E-state index contributed by atoms with van der Waals surface area (Å²) in [5.41, 5.74) is 0.693. The Morgan fingerprint density at radius 3 is 2.69 bits per heavy atom. The van der Waals surface area contributed by atoms with Crippen molar-refractivity contribution < 1.29 is 32.2 Å². The third-order valence-corrected chi connectivity index (χ3v) is 6.45. The molecular weight excluding hydrogens is 389 g/mol. The predicted molar refractivity (Wildman–Crippen MR) is 96.2 cm³/mol. The second-order valence-corrected chi connectivity index (χ2v) is 8.17. The number of carbonyl (C=O) groups excluding carboxylic acids is 2. The zero-order valence-corrected chi connectivity index (χ0v) is 16.0. The summed E-state index contributed by atoms with van der Waals surface area (Å²) in [6.07, 6.45) is -2.39. The van der Waals surface area contributed by atoms with Gasteiger partial charge in [-0.25, -0.2) is 4.79 Å². The summed E-state index contributed by atoms with van der Waals surface area (Å²) in [7, 11) is 1.30. The predicted octanol–water partition coefficient (Wildman–Crippen LogP) is 3.21. The molecule has 3 aliphatic rings. The molecule has 29 heavy (non-hydrogen) atoms. The van der Waals surface area contributed by atoms with Gasteiger partial charge in [-0.3, -0.25) is 4.79 Å². The molecule has 1 N–H and O–H groups in total. The summed E-state index contributed by atoms with van der Waals surface area (Å²) in [6, 6.07) is 6.17. The fourth-order valence-corrected chi connectivity index (χ4v) is 4.74. The quantitative estimate of drug-likeness (QED) is 0.825. The van der Waals surface area contributed by atoms with Gasteiger partial charge < -0.3 is 19.7 Å². The number of alkyl halides is 3. The summed E-state index contributed by atoms with van der Waals surface area (Å²) >= 11 is 0. The summed E-state index contributed by atoms with van der Waals surface area (Å²) in [6.45, 7) is 1.21. The van der Waals surface area contributed by atoms with Crippen LogP contribution in [0.15, 0.2) is 24.3 Å². The first-order chi connectivity index (χ1) is 13.7. The van der Waals surface area contributed by atoms with Crippen LogP contribution in [0.1, 0.15) is 31.2 Å². The number of amides is 2. The Balaban J connectivity index is 1.33. The Morgan fingerprint density at radius 2 is 2.03 bits per heavy atom. The van der Waals surface area contributed by atoms with Crippen LogP contribution in [0.4, 0.5) is 18.0 Å². The number of likely N-dealkylation sites (tertiary alicyclic amines) is 1. The number of fused-ring (bicyclic) bond motifs is 1. The smallest absolute Gasteiger partial charge is 0.453 e. The van der Waals surface area contributed by atoms with Gasteiger partial charge in [0.05, 0.1) is 7.11 Å². The Kier molecular flexibility index (Phi) is 4.86. The van der Waals surface area contributed by atoms with Gasteiger partial charge in [-0.1, -0.05) is 12.1 Å². The van der Waals surface area contributed by atoms with E-state index in [0.29, 0.717) is 25.9 Å². The Bertz CT molecular complexity index is 809. The highest BCUT2D eigenvalue weighted by molar-refractivity contribution is 5.80. The maximum atomic E-state index is 12.7. The molecule has 1 saturated heterocycles. The van der Waals surface area contributed by atoms with Crippen LogP contribution in [0.25, 0.3) is 0 Å². The van der Waals surface area contributed by atoms with Crippen LogP contribution in [0.5, 0.6) is 5.75 Å².